The molecule has 13 heteroatoms. The number of alkyl halides is 7. The van der Waals surface area contributed by atoms with E-state index < -0.39 is 56.3 Å². The molecule has 0 radical (unpaired) electrons. The van der Waals surface area contributed by atoms with E-state index in [9.17, 15) is 36.2 Å². The van der Waals surface area contributed by atoms with Crippen molar-refractivity contribution in [1.82, 2.24) is 7.06 Å². The second-order valence-electron chi connectivity index (χ2n) is 7.96. The Morgan fingerprint density at radius 3 is 1.91 bits per heavy atom. The van der Waals surface area contributed by atoms with Crippen LogP contribution in [0.15, 0.2) is 36.4 Å². The molecule has 0 aromatic heterocycles. The zero-order valence-corrected chi connectivity index (χ0v) is 18.6. The van der Waals surface area contributed by atoms with Gasteiger partial charge in [-0.25, -0.2) is 0 Å². The van der Waals surface area contributed by atoms with E-state index in [0.29, 0.717) is 10.8 Å². The van der Waals surface area contributed by atoms with Gasteiger partial charge in [0.2, 0.25) is 0 Å². The Morgan fingerprint density at radius 2 is 1.44 bits per heavy atom. The molecule has 0 spiro atoms. The molecular weight excluding hydrogens is 561 g/mol. The van der Waals surface area contributed by atoms with Crippen molar-refractivity contribution >= 4 is 37.1 Å². The van der Waals surface area contributed by atoms with E-state index in [0.717, 1.165) is 6.07 Å². The first-order valence-electron chi connectivity index (χ1n) is 9.11. The van der Waals surface area contributed by atoms with Gasteiger partial charge in [-0.2, -0.15) is 26.3 Å². The number of esters is 1. The molecule has 0 aliphatic carbocycles. The van der Waals surface area contributed by atoms with Gasteiger partial charge >= 0.3 is 148 Å². The van der Waals surface area contributed by atoms with Gasteiger partial charge in [-0.3, -0.25) is 0 Å². The predicted molar refractivity (Wildman–Crippen MR) is 109 cm³/mol. The summed E-state index contributed by atoms with van der Waals surface area (Å²) in [5.74, 6) is -0.496. The third kappa shape index (κ3) is 3.68. The maximum atomic E-state index is 12.8. The van der Waals surface area contributed by atoms with Gasteiger partial charge in [-0.1, -0.05) is 0 Å². The molecule has 2 saturated heterocycles. The molecule has 0 unspecified atom stereocenters. The van der Waals surface area contributed by atoms with Crippen LogP contribution in [0.4, 0.5) is 26.3 Å². The molecule has 6 nitrogen and oxygen atoms in total. The number of benzene rings is 2. The van der Waals surface area contributed by atoms with Gasteiger partial charge in [0, 0.05) is 0 Å². The second-order valence-corrected chi connectivity index (χ2v) is 12.3. The Balaban J connectivity index is 1.48. The van der Waals surface area contributed by atoms with E-state index in [4.69, 9.17) is 4.74 Å². The van der Waals surface area contributed by atoms with Gasteiger partial charge in [0.1, 0.15) is 0 Å². The zero-order chi connectivity index (χ0) is 23.7. The topological polar surface area (TPSA) is 99.6 Å². The molecule has 2 fully saturated rings. The number of nitrogens with one attached hydrogen (secondary N) is 2. The average molecular weight is 578 g/mol. The maximum absolute atomic E-state index is 12.8. The predicted octanol–water partition coefficient (Wildman–Crippen LogP) is 4.20. The van der Waals surface area contributed by atoms with Crippen LogP contribution in [-0.2, 0) is 4.79 Å². The van der Waals surface area contributed by atoms with E-state index in [-0.39, 0.29) is 15.2 Å². The average Bonchev–Trinajstić information content (AvgIpc) is 3.55. The second kappa shape index (κ2) is 7.08. The molecule has 2 aliphatic rings. The molecule has 0 bridgehead atoms. The first-order chi connectivity index (χ1) is 14.6. The van der Waals surface area contributed by atoms with Crippen LogP contribution >= 0.6 is 20.4 Å². The number of hydrogen-bond acceptors (Lipinski definition) is 6. The molecule has 3 N–H and O–H groups in total. The quantitative estimate of drug-likeness (QED) is 0.0695. The summed E-state index contributed by atoms with van der Waals surface area (Å²) >= 11 is -1.37. The third-order valence-corrected chi connectivity index (χ3v) is 10.5. The van der Waals surface area contributed by atoms with E-state index in [1.165, 1.54) is 30.3 Å². The molecule has 0 saturated carbocycles. The number of fused-ring (bicyclic) bond motifs is 2. The number of rotatable bonds is 6. The fourth-order valence-corrected chi connectivity index (χ4v) is 8.51. The summed E-state index contributed by atoms with van der Waals surface area (Å²) in [5, 5.41) is 10.1. The van der Waals surface area contributed by atoms with Gasteiger partial charge in [-0.05, 0) is 0 Å². The van der Waals surface area contributed by atoms with Crippen molar-refractivity contribution < 1.29 is 45.7 Å². The van der Waals surface area contributed by atoms with Crippen molar-refractivity contribution in [2.24, 2.45) is 5.41 Å². The fraction of sp³-hybridized carbons (Fsp3) is 0.421. The molecule has 2 aromatic carbocycles. The van der Waals surface area contributed by atoms with Crippen LogP contribution in [0.3, 0.4) is 0 Å². The Hall–Kier alpha value is -1.84. The Kier molecular flexibility index (Phi) is 5.16. The van der Waals surface area contributed by atoms with Crippen molar-refractivity contribution in [1.29, 1.82) is 0 Å². The van der Waals surface area contributed by atoms with Crippen molar-refractivity contribution in [3.63, 3.8) is 0 Å². The molecule has 2 aliphatic heterocycles. The van der Waals surface area contributed by atoms with Gasteiger partial charge in [0.05, 0.1) is 0 Å². The van der Waals surface area contributed by atoms with Crippen LogP contribution in [0, 0.1) is 5.41 Å². The number of carbonyl (C=O) groups is 1. The van der Waals surface area contributed by atoms with Gasteiger partial charge in [-0.15, -0.1) is 0 Å². The normalized spacial score (nSPS) is 18.8. The van der Waals surface area contributed by atoms with Crippen molar-refractivity contribution in [2.45, 2.75) is 35.5 Å². The summed E-state index contributed by atoms with van der Waals surface area (Å²) in [6, 6.07) is 8.22. The summed E-state index contributed by atoms with van der Waals surface area (Å²) in [6.07, 6.45) is -11.9. The van der Waals surface area contributed by atoms with Crippen molar-refractivity contribution in [3.05, 3.63) is 36.4 Å². The summed E-state index contributed by atoms with van der Waals surface area (Å²) in [6.45, 7) is 1.49. The van der Waals surface area contributed by atoms with E-state index >= 15 is 0 Å². The van der Waals surface area contributed by atoms with Gasteiger partial charge in [0.15, 0.2) is 0 Å². The SMILES string of the molecule is CC(C)(C(=O)Oc1ccc2cc(OCC(O)(C(F)(F)F)C(F)(F)F)ccc2c1)C12NI1N2. The minimum absolute atomic E-state index is 0.241. The Labute approximate surface area is 185 Å². The Bertz CT molecular complexity index is 1070. The van der Waals surface area contributed by atoms with Crippen molar-refractivity contribution in [3.8, 4) is 11.5 Å². The molecule has 2 aromatic rings. The minimum atomic E-state index is -5.97. The fourth-order valence-electron chi connectivity index (χ4n) is 2.94. The van der Waals surface area contributed by atoms with Crippen LogP contribution in [0.25, 0.3) is 10.8 Å². The van der Waals surface area contributed by atoms with Gasteiger partial charge in [0.25, 0.3) is 5.60 Å². The number of halogens is 7. The standard InChI is InChI=1S/C19H17F6IN2O4/c1-15(2,19-26(27-19)28-19)14(29)32-13-6-4-10-7-12(5-3-11(10)8-13)31-9-16(30,17(20,21)22)18(23,24)25/h3-8,27-28,30H,9H2,1-2H3. The van der Waals surface area contributed by atoms with Crippen LogP contribution < -0.4 is 16.5 Å². The number of aliphatic hydroxyl groups is 1. The van der Waals surface area contributed by atoms with Crippen molar-refractivity contribution in [2.75, 3.05) is 6.61 Å². The molecule has 0 amide bonds. The van der Waals surface area contributed by atoms with E-state index in [1.54, 1.807) is 13.8 Å². The van der Waals surface area contributed by atoms with E-state index in [1.807, 2.05) is 0 Å². The van der Waals surface area contributed by atoms with Crippen LogP contribution in [0.5, 0.6) is 11.5 Å². The number of carbonyl (C=O) groups excluding carboxylic acids is 1. The van der Waals surface area contributed by atoms with Gasteiger partial charge < -0.3 is 5.11 Å². The molecule has 0 atom stereocenters. The molecule has 176 valence electrons. The zero-order valence-electron chi connectivity index (χ0n) is 16.5. The van der Waals surface area contributed by atoms with E-state index in [2.05, 4.69) is 11.8 Å². The van der Waals surface area contributed by atoms with Crippen LogP contribution in [0.2, 0.25) is 0 Å². The molecule has 2 heterocycles. The first kappa shape index (κ1) is 23.3. The van der Waals surface area contributed by atoms with Crippen LogP contribution in [-0.4, -0.2) is 39.3 Å². The number of hydrogen-bond donors (Lipinski definition) is 3. The van der Waals surface area contributed by atoms with Crippen LogP contribution in [0.1, 0.15) is 13.8 Å². The summed E-state index contributed by atoms with van der Waals surface area (Å²) in [4.78, 5) is 12.6. The monoisotopic (exact) mass is 578 g/mol. The summed E-state index contributed by atoms with van der Waals surface area (Å²) < 4.78 is 93.0. The first-order valence-corrected chi connectivity index (χ1v) is 12.3. The molecular formula is C19H17F6IN2O4. The molecule has 32 heavy (non-hydrogen) atoms. The third-order valence-electron chi connectivity index (χ3n) is 5.41. The molecule has 4 rings (SSSR count). The summed E-state index contributed by atoms with van der Waals surface area (Å²) in [7, 11) is 0. The Morgan fingerprint density at radius 1 is 0.969 bits per heavy atom. The number of ether oxygens (including phenoxy) is 2. The summed E-state index contributed by atoms with van der Waals surface area (Å²) in [5.41, 5.74) is -5.77.